The number of methoxy groups -OCH3 is 1. The topological polar surface area (TPSA) is 58.1 Å². The van der Waals surface area contributed by atoms with Crippen LogP contribution >= 0.6 is 24.0 Å². The smallest absolute Gasteiger partial charge is 0.191 e. The van der Waals surface area contributed by atoms with Gasteiger partial charge in [-0.2, -0.15) is 0 Å². The molecule has 0 aliphatic heterocycles. The molecule has 2 N–H and O–H groups in total. The Balaban J connectivity index is 0.00000420. The summed E-state index contributed by atoms with van der Waals surface area (Å²) in [6, 6.07) is 16.4. The summed E-state index contributed by atoms with van der Waals surface area (Å²) in [4.78, 5) is 6.53. The van der Waals surface area contributed by atoms with Crippen LogP contribution in [0.2, 0.25) is 0 Å². The third-order valence-corrected chi connectivity index (χ3v) is 4.53. The molecule has 0 bridgehead atoms. The highest BCUT2D eigenvalue weighted by Gasteiger charge is 2.15. The van der Waals surface area contributed by atoms with Crippen molar-refractivity contribution in [2.24, 2.45) is 4.99 Å². The van der Waals surface area contributed by atoms with Gasteiger partial charge >= 0.3 is 0 Å². The molecule has 0 amide bonds. The van der Waals surface area contributed by atoms with Gasteiger partial charge in [0.25, 0.3) is 0 Å². The molecule has 29 heavy (non-hydrogen) atoms. The van der Waals surface area contributed by atoms with Gasteiger partial charge in [-0.15, -0.1) is 24.0 Å². The van der Waals surface area contributed by atoms with Crippen molar-refractivity contribution in [3.8, 4) is 11.5 Å². The van der Waals surface area contributed by atoms with Crippen LogP contribution in [0, 0.1) is 0 Å². The van der Waals surface area contributed by atoms with Crippen LogP contribution < -0.4 is 20.1 Å². The van der Waals surface area contributed by atoms with E-state index in [9.17, 15) is 0 Å². The molecule has 1 unspecified atom stereocenters. The zero-order valence-corrected chi connectivity index (χ0v) is 20.3. The molecule has 7 heteroatoms. The number of ether oxygens (including phenoxy) is 2. The van der Waals surface area contributed by atoms with Crippen LogP contribution in [0.25, 0.3) is 0 Å². The summed E-state index contributed by atoms with van der Waals surface area (Å²) in [5.41, 5.74) is 2.32. The minimum Gasteiger partial charge on any atom is -0.497 e. The molecule has 0 saturated heterocycles. The maximum Gasteiger partial charge on any atom is 0.191 e. The van der Waals surface area contributed by atoms with E-state index in [4.69, 9.17) is 9.47 Å². The lowest BCUT2D eigenvalue weighted by molar-refractivity contribution is 0.298. The summed E-state index contributed by atoms with van der Waals surface area (Å²) in [7, 11) is 7.61. The zero-order chi connectivity index (χ0) is 20.4. The highest BCUT2D eigenvalue weighted by atomic mass is 127. The average molecular weight is 512 g/mol. The van der Waals surface area contributed by atoms with Crippen LogP contribution in [0.3, 0.4) is 0 Å². The van der Waals surface area contributed by atoms with Crippen molar-refractivity contribution < 1.29 is 9.47 Å². The van der Waals surface area contributed by atoms with Crippen molar-refractivity contribution in [1.82, 2.24) is 15.5 Å². The Bertz CT molecular complexity index is 751. The van der Waals surface area contributed by atoms with Gasteiger partial charge in [0, 0.05) is 25.7 Å². The Labute approximate surface area is 191 Å². The molecule has 2 rings (SSSR count). The van der Waals surface area contributed by atoms with Gasteiger partial charge in [-0.3, -0.25) is 4.99 Å². The molecule has 0 spiro atoms. The second-order valence-corrected chi connectivity index (χ2v) is 6.60. The number of rotatable bonds is 9. The number of guanidine groups is 1. The number of aliphatic imine (C=N–C) groups is 1. The first kappa shape index (κ1) is 25.0. The number of nitrogens with one attached hydrogen (secondary N) is 2. The number of benzene rings is 2. The molecule has 0 fully saturated rings. The Hall–Kier alpha value is -2.00. The number of hydrogen-bond donors (Lipinski definition) is 2. The molecule has 0 aromatic heterocycles. The molecule has 6 nitrogen and oxygen atoms in total. The number of likely N-dealkylation sites (N-methyl/N-ethyl adjacent to an activating group) is 1. The highest BCUT2D eigenvalue weighted by molar-refractivity contribution is 14.0. The quantitative estimate of drug-likeness (QED) is 0.305. The maximum absolute atomic E-state index is 5.69. The molecule has 0 heterocycles. The summed E-state index contributed by atoms with van der Waals surface area (Å²) in [5, 5.41) is 6.79. The van der Waals surface area contributed by atoms with E-state index in [-0.39, 0.29) is 30.0 Å². The predicted octanol–water partition coefficient (Wildman–Crippen LogP) is 3.68. The monoisotopic (exact) mass is 512 g/mol. The van der Waals surface area contributed by atoms with Gasteiger partial charge in [0.1, 0.15) is 11.5 Å². The molecule has 0 radical (unpaired) electrons. The summed E-state index contributed by atoms with van der Waals surface area (Å²) in [5.74, 6) is 2.52. The summed E-state index contributed by atoms with van der Waals surface area (Å²) >= 11 is 0. The molecular weight excluding hydrogens is 479 g/mol. The Morgan fingerprint density at radius 1 is 1.07 bits per heavy atom. The van der Waals surface area contributed by atoms with E-state index in [0.717, 1.165) is 29.6 Å². The normalized spacial score (nSPS) is 12.1. The predicted molar refractivity (Wildman–Crippen MR) is 131 cm³/mol. The van der Waals surface area contributed by atoms with E-state index >= 15 is 0 Å². The first-order valence-electron chi connectivity index (χ1n) is 9.54. The average Bonchev–Trinajstić information content (AvgIpc) is 2.72. The van der Waals surface area contributed by atoms with Gasteiger partial charge in [-0.25, -0.2) is 0 Å². The largest absolute Gasteiger partial charge is 0.497 e. The molecule has 2 aromatic carbocycles. The van der Waals surface area contributed by atoms with Crippen LogP contribution in [0.4, 0.5) is 0 Å². The fourth-order valence-corrected chi connectivity index (χ4v) is 2.96. The third kappa shape index (κ3) is 7.74. The zero-order valence-electron chi connectivity index (χ0n) is 17.9. The van der Waals surface area contributed by atoms with Gasteiger partial charge in [0.2, 0.25) is 0 Å². The Morgan fingerprint density at radius 3 is 2.34 bits per heavy atom. The van der Waals surface area contributed by atoms with Crippen molar-refractivity contribution in [3.05, 3.63) is 59.7 Å². The van der Waals surface area contributed by atoms with Crippen LogP contribution in [-0.2, 0) is 6.54 Å². The van der Waals surface area contributed by atoms with Crippen molar-refractivity contribution in [3.63, 3.8) is 0 Å². The standard InChI is InChI=1S/C22H32N4O2.HI/c1-6-28-21-10-8-7-9-18(21)15-24-22(23-2)25-16-20(26(3)4)17-11-13-19(27-5)14-12-17;/h7-14,20H,6,15-16H2,1-5H3,(H2,23,24,25);1H. The second kappa shape index (κ2) is 13.3. The van der Waals surface area contributed by atoms with Gasteiger partial charge in [-0.05, 0) is 44.8 Å². The van der Waals surface area contributed by atoms with E-state index in [0.29, 0.717) is 13.2 Å². The van der Waals surface area contributed by atoms with Crippen LogP contribution in [0.1, 0.15) is 24.1 Å². The second-order valence-electron chi connectivity index (χ2n) is 6.60. The first-order chi connectivity index (χ1) is 13.6. The van der Waals surface area contributed by atoms with Gasteiger partial charge in [-0.1, -0.05) is 30.3 Å². The lowest BCUT2D eigenvalue weighted by atomic mass is 10.1. The molecule has 0 aliphatic carbocycles. The van der Waals surface area contributed by atoms with Gasteiger partial charge in [0.05, 0.1) is 19.8 Å². The minimum absolute atomic E-state index is 0. The Kier molecular flexibility index (Phi) is 11.5. The molecule has 1 atom stereocenters. The van der Waals surface area contributed by atoms with Crippen molar-refractivity contribution >= 4 is 29.9 Å². The lowest BCUT2D eigenvalue weighted by Gasteiger charge is -2.26. The van der Waals surface area contributed by atoms with E-state index < -0.39 is 0 Å². The molecule has 2 aromatic rings. The Morgan fingerprint density at radius 2 is 1.76 bits per heavy atom. The number of para-hydroxylation sites is 1. The first-order valence-corrected chi connectivity index (χ1v) is 9.54. The fraction of sp³-hybridized carbons (Fsp3) is 0.409. The molecule has 160 valence electrons. The molecular formula is C22H33IN4O2. The van der Waals surface area contributed by atoms with E-state index in [2.05, 4.69) is 52.8 Å². The number of halogens is 1. The SMILES string of the molecule is CCOc1ccccc1CNC(=NC)NCC(c1ccc(OC)cc1)N(C)C.I. The van der Waals surface area contributed by atoms with Crippen LogP contribution in [0.5, 0.6) is 11.5 Å². The maximum atomic E-state index is 5.69. The number of nitrogens with zero attached hydrogens (tertiary/aromatic N) is 2. The van der Waals surface area contributed by atoms with E-state index in [1.54, 1.807) is 14.2 Å². The summed E-state index contributed by atoms with van der Waals surface area (Å²) in [6.07, 6.45) is 0. The van der Waals surface area contributed by atoms with Gasteiger partial charge in [0.15, 0.2) is 5.96 Å². The van der Waals surface area contributed by atoms with Crippen molar-refractivity contribution in [2.75, 3.05) is 41.4 Å². The highest BCUT2D eigenvalue weighted by Crippen LogP contribution is 2.21. The van der Waals surface area contributed by atoms with Crippen molar-refractivity contribution in [1.29, 1.82) is 0 Å². The third-order valence-electron chi connectivity index (χ3n) is 4.53. The summed E-state index contributed by atoms with van der Waals surface area (Å²) < 4.78 is 10.9. The van der Waals surface area contributed by atoms with Crippen LogP contribution in [-0.4, -0.2) is 52.3 Å². The van der Waals surface area contributed by atoms with E-state index in [1.165, 1.54) is 5.56 Å². The summed E-state index contributed by atoms with van der Waals surface area (Å²) in [6.45, 7) is 4.01. The molecule has 0 saturated carbocycles. The lowest BCUT2D eigenvalue weighted by Crippen LogP contribution is -2.41. The van der Waals surface area contributed by atoms with Crippen LogP contribution in [0.15, 0.2) is 53.5 Å². The van der Waals surface area contributed by atoms with Gasteiger partial charge < -0.3 is 25.0 Å². The molecule has 0 aliphatic rings. The number of hydrogen-bond acceptors (Lipinski definition) is 4. The van der Waals surface area contributed by atoms with Crippen molar-refractivity contribution in [2.45, 2.75) is 19.5 Å². The van der Waals surface area contributed by atoms with E-state index in [1.807, 2.05) is 37.3 Å². The minimum atomic E-state index is 0. The fourth-order valence-electron chi connectivity index (χ4n) is 2.96.